The second-order valence-corrected chi connectivity index (χ2v) is 7.14. The molecule has 0 spiro atoms. The highest BCUT2D eigenvalue weighted by Crippen LogP contribution is 2.62. The summed E-state index contributed by atoms with van der Waals surface area (Å²) in [6, 6.07) is 0.484. The van der Waals surface area contributed by atoms with Gasteiger partial charge in [-0.1, -0.05) is 20.8 Å². The van der Waals surface area contributed by atoms with Crippen LogP contribution < -0.4 is 5.32 Å². The van der Waals surface area contributed by atoms with E-state index in [1.807, 2.05) is 14.0 Å². The largest absolute Gasteiger partial charge is 0.345 e. The lowest BCUT2D eigenvalue weighted by Gasteiger charge is -2.43. The SMILES string of the molecule is CCN(C)C(=O)CNC1C2(C)CCC(C2)C1(C)C. The van der Waals surface area contributed by atoms with E-state index in [4.69, 9.17) is 0 Å². The fraction of sp³-hybridized carbons (Fsp3) is 0.933. The molecule has 2 bridgehead atoms. The number of hydrogen-bond acceptors (Lipinski definition) is 2. The Morgan fingerprint density at radius 2 is 2.06 bits per heavy atom. The Labute approximate surface area is 111 Å². The third-order valence-electron chi connectivity index (χ3n) is 5.63. The highest BCUT2D eigenvalue weighted by Gasteiger charge is 2.58. The van der Waals surface area contributed by atoms with E-state index >= 15 is 0 Å². The molecule has 0 radical (unpaired) electrons. The molecule has 2 aliphatic rings. The normalized spacial score (nSPS) is 36.9. The van der Waals surface area contributed by atoms with Gasteiger partial charge in [-0.15, -0.1) is 0 Å². The maximum Gasteiger partial charge on any atom is 0.236 e. The summed E-state index contributed by atoms with van der Waals surface area (Å²) in [7, 11) is 1.87. The molecule has 1 N–H and O–H groups in total. The van der Waals surface area contributed by atoms with Gasteiger partial charge in [0.05, 0.1) is 6.54 Å². The minimum absolute atomic E-state index is 0.208. The van der Waals surface area contributed by atoms with E-state index in [1.54, 1.807) is 4.90 Å². The summed E-state index contributed by atoms with van der Waals surface area (Å²) in [5.41, 5.74) is 0.733. The molecule has 0 heterocycles. The van der Waals surface area contributed by atoms with Crippen molar-refractivity contribution >= 4 is 5.91 Å². The van der Waals surface area contributed by atoms with E-state index in [0.717, 1.165) is 12.5 Å². The molecule has 3 nitrogen and oxygen atoms in total. The second-order valence-electron chi connectivity index (χ2n) is 7.14. The third-order valence-corrected chi connectivity index (χ3v) is 5.63. The van der Waals surface area contributed by atoms with Gasteiger partial charge in [0.2, 0.25) is 5.91 Å². The van der Waals surface area contributed by atoms with Gasteiger partial charge in [-0.05, 0) is 42.9 Å². The van der Waals surface area contributed by atoms with Crippen LogP contribution in [0.25, 0.3) is 0 Å². The van der Waals surface area contributed by atoms with Gasteiger partial charge in [0.25, 0.3) is 0 Å². The summed E-state index contributed by atoms with van der Waals surface area (Å²) in [5.74, 6) is 1.04. The van der Waals surface area contributed by atoms with Crippen LogP contribution in [0.5, 0.6) is 0 Å². The number of likely N-dealkylation sites (N-methyl/N-ethyl adjacent to an activating group) is 1. The Bertz CT molecular complexity index is 335. The molecule has 1 amide bonds. The molecule has 2 saturated carbocycles. The second kappa shape index (κ2) is 4.52. The fourth-order valence-electron chi connectivity index (χ4n) is 4.31. The van der Waals surface area contributed by atoms with Crippen molar-refractivity contribution in [2.45, 2.75) is 53.0 Å². The van der Waals surface area contributed by atoms with Crippen molar-refractivity contribution in [3.63, 3.8) is 0 Å². The first-order chi connectivity index (χ1) is 8.31. The summed E-state index contributed by atoms with van der Waals surface area (Å²) < 4.78 is 0. The summed E-state index contributed by atoms with van der Waals surface area (Å²) >= 11 is 0. The Morgan fingerprint density at radius 3 is 2.56 bits per heavy atom. The molecule has 3 heteroatoms. The van der Waals surface area contributed by atoms with Gasteiger partial charge >= 0.3 is 0 Å². The first-order valence-electron chi connectivity index (χ1n) is 7.28. The standard InChI is InChI=1S/C15H28N2O/c1-6-17(5)12(18)10-16-13-14(2,3)11-7-8-15(13,4)9-11/h11,13,16H,6-10H2,1-5H3. The van der Waals surface area contributed by atoms with E-state index < -0.39 is 0 Å². The number of amides is 1. The van der Waals surface area contributed by atoms with Crippen LogP contribution in [0.15, 0.2) is 0 Å². The monoisotopic (exact) mass is 252 g/mol. The van der Waals surface area contributed by atoms with Crippen molar-refractivity contribution in [3.05, 3.63) is 0 Å². The third kappa shape index (κ3) is 2.07. The molecular weight excluding hydrogens is 224 g/mol. The smallest absolute Gasteiger partial charge is 0.236 e. The van der Waals surface area contributed by atoms with E-state index in [-0.39, 0.29) is 5.91 Å². The van der Waals surface area contributed by atoms with Crippen LogP contribution in [0.2, 0.25) is 0 Å². The molecule has 104 valence electrons. The van der Waals surface area contributed by atoms with E-state index in [2.05, 4.69) is 26.1 Å². The van der Waals surface area contributed by atoms with Crippen LogP contribution in [0.1, 0.15) is 47.0 Å². The van der Waals surface area contributed by atoms with Crippen LogP contribution >= 0.6 is 0 Å². The van der Waals surface area contributed by atoms with Crippen molar-refractivity contribution in [2.24, 2.45) is 16.7 Å². The molecule has 3 unspecified atom stereocenters. The number of hydrogen-bond donors (Lipinski definition) is 1. The van der Waals surface area contributed by atoms with Gasteiger partial charge in [0, 0.05) is 19.6 Å². The quantitative estimate of drug-likeness (QED) is 0.832. The fourth-order valence-corrected chi connectivity index (χ4v) is 4.31. The zero-order valence-corrected chi connectivity index (χ0v) is 12.5. The van der Waals surface area contributed by atoms with E-state index in [9.17, 15) is 4.79 Å². The number of carbonyl (C=O) groups excluding carboxylic acids is 1. The van der Waals surface area contributed by atoms with Crippen molar-refractivity contribution in [3.8, 4) is 0 Å². The Balaban J connectivity index is 1.99. The van der Waals surface area contributed by atoms with Gasteiger partial charge in [-0.2, -0.15) is 0 Å². The lowest BCUT2D eigenvalue weighted by molar-refractivity contribution is -0.129. The highest BCUT2D eigenvalue weighted by molar-refractivity contribution is 5.77. The van der Waals surface area contributed by atoms with Crippen molar-refractivity contribution in [2.75, 3.05) is 20.1 Å². The Hall–Kier alpha value is -0.570. The summed E-state index contributed by atoms with van der Waals surface area (Å²) in [6.45, 7) is 10.4. The Morgan fingerprint density at radius 1 is 1.39 bits per heavy atom. The van der Waals surface area contributed by atoms with Gasteiger partial charge in [-0.25, -0.2) is 0 Å². The molecular formula is C15H28N2O. The van der Waals surface area contributed by atoms with Gasteiger partial charge in [-0.3, -0.25) is 4.79 Å². The summed E-state index contributed by atoms with van der Waals surface area (Å²) in [4.78, 5) is 13.7. The average Bonchev–Trinajstić information content (AvgIpc) is 2.78. The predicted octanol–water partition coefficient (Wildman–Crippen LogP) is 2.27. The van der Waals surface area contributed by atoms with Crippen LogP contribution in [-0.2, 0) is 4.79 Å². The number of nitrogens with zero attached hydrogens (tertiary/aromatic N) is 1. The number of rotatable bonds is 4. The molecule has 2 fully saturated rings. The molecule has 0 aromatic carbocycles. The van der Waals surface area contributed by atoms with Crippen LogP contribution in [0.4, 0.5) is 0 Å². The lowest BCUT2D eigenvalue weighted by Crippen LogP contribution is -2.52. The molecule has 2 aliphatic carbocycles. The minimum Gasteiger partial charge on any atom is -0.345 e. The molecule has 0 aromatic rings. The van der Waals surface area contributed by atoms with Crippen LogP contribution in [0.3, 0.4) is 0 Å². The van der Waals surface area contributed by atoms with Gasteiger partial charge in [0.1, 0.15) is 0 Å². The zero-order chi connectivity index (χ0) is 13.6. The molecule has 0 aliphatic heterocycles. The average molecular weight is 252 g/mol. The van der Waals surface area contributed by atoms with E-state index in [0.29, 0.717) is 23.4 Å². The molecule has 3 atom stereocenters. The minimum atomic E-state index is 0.208. The first-order valence-corrected chi connectivity index (χ1v) is 7.28. The zero-order valence-electron chi connectivity index (χ0n) is 12.5. The molecule has 0 saturated heterocycles. The van der Waals surface area contributed by atoms with Gasteiger partial charge < -0.3 is 10.2 Å². The Kier molecular flexibility index (Phi) is 3.48. The van der Waals surface area contributed by atoms with Crippen LogP contribution in [0, 0.1) is 16.7 Å². The topological polar surface area (TPSA) is 32.3 Å². The summed E-state index contributed by atoms with van der Waals surface area (Å²) in [5, 5.41) is 3.57. The van der Waals surface area contributed by atoms with Gasteiger partial charge in [0.15, 0.2) is 0 Å². The number of nitrogens with one attached hydrogen (secondary N) is 1. The molecule has 18 heavy (non-hydrogen) atoms. The number of fused-ring (bicyclic) bond motifs is 2. The first kappa shape index (κ1) is 13.9. The number of carbonyl (C=O) groups is 1. The van der Waals surface area contributed by atoms with Crippen molar-refractivity contribution in [1.82, 2.24) is 10.2 Å². The molecule has 2 rings (SSSR count). The molecule has 0 aromatic heterocycles. The van der Waals surface area contributed by atoms with Crippen LogP contribution in [-0.4, -0.2) is 37.0 Å². The maximum atomic E-state index is 11.9. The lowest BCUT2D eigenvalue weighted by atomic mass is 9.68. The van der Waals surface area contributed by atoms with Crippen molar-refractivity contribution in [1.29, 1.82) is 0 Å². The van der Waals surface area contributed by atoms with E-state index in [1.165, 1.54) is 19.3 Å². The highest BCUT2D eigenvalue weighted by atomic mass is 16.2. The van der Waals surface area contributed by atoms with Crippen molar-refractivity contribution < 1.29 is 4.79 Å². The maximum absolute atomic E-state index is 11.9. The summed E-state index contributed by atoms with van der Waals surface area (Å²) in [6.07, 6.45) is 4.01. The predicted molar refractivity (Wildman–Crippen MR) is 74.3 cm³/mol.